The molecule has 0 spiro atoms. The van der Waals surface area contributed by atoms with Crippen LogP contribution >= 0.6 is 0 Å². The van der Waals surface area contributed by atoms with Crippen LogP contribution in [0.4, 0.5) is 10.1 Å². The van der Waals surface area contributed by atoms with E-state index < -0.39 is 26.6 Å². The predicted molar refractivity (Wildman–Crippen MR) is 78.6 cm³/mol. The smallest absolute Gasteiger partial charge is 0.241 e. The Morgan fingerprint density at radius 2 is 2.00 bits per heavy atom. The van der Waals surface area contributed by atoms with E-state index in [-0.39, 0.29) is 22.4 Å². The maximum Gasteiger partial charge on any atom is 0.241 e. The molecule has 1 aromatic rings. The van der Waals surface area contributed by atoms with Crippen LogP contribution in [0.5, 0.6) is 5.75 Å². The maximum absolute atomic E-state index is 13.7. The van der Waals surface area contributed by atoms with Crippen molar-refractivity contribution in [2.45, 2.75) is 23.8 Å². The molecule has 9 heteroatoms. The van der Waals surface area contributed by atoms with Gasteiger partial charge in [0.25, 0.3) is 0 Å². The van der Waals surface area contributed by atoms with Gasteiger partial charge in [-0.2, -0.15) is 0 Å². The first-order valence-corrected chi connectivity index (χ1v) is 9.31. The van der Waals surface area contributed by atoms with Gasteiger partial charge in [0, 0.05) is 28.3 Å². The number of hydrogen-bond donors (Lipinski definition) is 2. The minimum atomic E-state index is -3.87. The van der Waals surface area contributed by atoms with E-state index in [1.54, 1.807) is 0 Å². The van der Waals surface area contributed by atoms with E-state index in [1.165, 1.54) is 7.11 Å². The summed E-state index contributed by atoms with van der Waals surface area (Å²) < 4.78 is 56.7. The molecule has 0 amide bonds. The zero-order valence-corrected chi connectivity index (χ0v) is 13.1. The summed E-state index contributed by atoms with van der Waals surface area (Å²) in [6.45, 7) is 0. The van der Waals surface area contributed by atoms with Crippen LogP contribution in [-0.2, 0) is 20.8 Å². The molecule has 2 rings (SSSR count). The van der Waals surface area contributed by atoms with Gasteiger partial charge < -0.3 is 10.5 Å². The maximum atomic E-state index is 13.7. The van der Waals surface area contributed by atoms with Crippen LogP contribution in [0.3, 0.4) is 0 Å². The van der Waals surface area contributed by atoms with Gasteiger partial charge in [-0.1, -0.05) is 0 Å². The van der Waals surface area contributed by atoms with Crippen molar-refractivity contribution in [3.05, 3.63) is 17.9 Å². The summed E-state index contributed by atoms with van der Waals surface area (Å²) in [6, 6.07) is 1.74. The van der Waals surface area contributed by atoms with Crippen molar-refractivity contribution in [1.82, 2.24) is 4.72 Å². The second-order valence-corrected chi connectivity index (χ2v) is 8.18. The SMILES string of the molecule is COc1c(N)cc(S(=O)(=O)NC2CCS(=O)CC2)cc1F. The fraction of sp³-hybridized carbons (Fsp3) is 0.500. The van der Waals surface area contributed by atoms with Crippen LogP contribution in [0.1, 0.15) is 12.8 Å². The van der Waals surface area contributed by atoms with Gasteiger partial charge in [0.05, 0.1) is 17.7 Å². The monoisotopic (exact) mass is 336 g/mol. The number of nitrogens with two attached hydrogens (primary N) is 1. The molecule has 0 saturated carbocycles. The van der Waals surface area contributed by atoms with Crippen LogP contribution in [0.25, 0.3) is 0 Å². The fourth-order valence-electron chi connectivity index (χ4n) is 2.16. The van der Waals surface area contributed by atoms with Gasteiger partial charge in [-0.15, -0.1) is 0 Å². The average Bonchev–Trinajstić information content (AvgIpc) is 2.41. The predicted octanol–water partition coefficient (Wildman–Crippen LogP) is 0.606. The number of nitrogens with one attached hydrogen (secondary N) is 1. The summed E-state index contributed by atoms with van der Waals surface area (Å²) in [7, 11) is -3.50. The summed E-state index contributed by atoms with van der Waals surface area (Å²) in [5, 5.41) is 0. The summed E-state index contributed by atoms with van der Waals surface area (Å²) >= 11 is 0. The Morgan fingerprint density at radius 3 is 2.52 bits per heavy atom. The lowest BCUT2D eigenvalue weighted by molar-refractivity contribution is 0.388. The number of anilines is 1. The number of methoxy groups -OCH3 is 1. The number of halogens is 1. The molecule has 0 bridgehead atoms. The van der Waals surface area contributed by atoms with Gasteiger partial charge in [-0.05, 0) is 25.0 Å². The Balaban J connectivity index is 2.22. The zero-order chi connectivity index (χ0) is 15.6. The molecule has 0 aromatic heterocycles. The van der Waals surface area contributed by atoms with E-state index in [1.807, 2.05) is 0 Å². The molecule has 21 heavy (non-hydrogen) atoms. The molecule has 1 heterocycles. The second-order valence-electron chi connectivity index (χ2n) is 4.77. The van der Waals surface area contributed by atoms with Gasteiger partial charge in [0.1, 0.15) is 0 Å². The minimum absolute atomic E-state index is 0.0809. The van der Waals surface area contributed by atoms with E-state index in [0.717, 1.165) is 12.1 Å². The van der Waals surface area contributed by atoms with Crippen molar-refractivity contribution >= 4 is 26.5 Å². The fourth-order valence-corrected chi connectivity index (χ4v) is 4.81. The van der Waals surface area contributed by atoms with Crippen molar-refractivity contribution in [3.8, 4) is 5.75 Å². The number of hydrogen-bond acceptors (Lipinski definition) is 5. The largest absolute Gasteiger partial charge is 0.492 e. The molecule has 1 aliphatic rings. The van der Waals surface area contributed by atoms with E-state index in [2.05, 4.69) is 4.72 Å². The molecule has 1 aromatic carbocycles. The quantitative estimate of drug-likeness (QED) is 0.785. The van der Waals surface area contributed by atoms with Crippen molar-refractivity contribution in [1.29, 1.82) is 0 Å². The lowest BCUT2D eigenvalue weighted by Gasteiger charge is -2.22. The third kappa shape index (κ3) is 3.72. The molecule has 1 fully saturated rings. The van der Waals surface area contributed by atoms with E-state index in [4.69, 9.17) is 10.5 Å². The van der Waals surface area contributed by atoms with Crippen molar-refractivity contribution in [3.63, 3.8) is 0 Å². The Kier molecular flexibility index (Phi) is 4.84. The summed E-state index contributed by atoms with van der Waals surface area (Å²) in [4.78, 5) is -0.245. The van der Waals surface area contributed by atoms with Gasteiger partial charge in [0.2, 0.25) is 10.0 Å². The Morgan fingerprint density at radius 1 is 1.38 bits per heavy atom. The third-order valence-electron chi connectivity index (χ3n) is 3.27. The molecule has 0 radical (unpaired) electrons. The topological polar surface area (TPSA) is 98.5 Å². The molecular weight excluding hydrogens is 319 g/mol. The molecule has 1 saturated heterocycles. The summed E-state index contributed by atoms with van der Waals surface area (Å²) in [5.41, 5.74) is 5.50. The van der Waals surface area contributed by atoms with Crippen LogP contribution < -0.4 is 15.2 Å². The molecular formula is C12H17FN2O4S2. The van der Waals surface area contributed by atoms with Gasteiger partial charge in [-0.3, -0.25) is 4.21 Å². The highest BCUT2D eigenvalue weighted by molar-refractivity contribution is 7.89. The lowest BCUT2D eigenvalue weighted by atomic mass is 10.2. The van der Waals surface area contributed by atoms with E-state index in [0.29, 0.717) is 24.3 Å². The third-order valence-corrected chi connectivity index (χ3v) is 6.15. The van der Waals surface area contributed by atoms with Crippen LogP contribution in [0.2, 0.25) is 0 Å². The standard InChI is InChI=1S/C12H17FN2O4S2/c1-19-12-10(13)6-9(7-11(12)14)21(17,18)15-8-2-4-20(16)5-3-8/h6-8,15H,2-5,14H2,1H3. The number of sulfonamides is 1. The Labute approximate surface area is 125 Å². The number of rotatable bonds is 4. The number of nitrogen functional groups attached to an aromatic ring is 1. The molecule has 0 atom stereocenters. The van der Waals surface area contributed by atoms with Gasteiger partial charge >= 0.3 is 0 Å². The van der Waals surface area contributed by atoms with Crippen molar-refractivity contribution in [2.75, 3.05) is 24.3 Å². The second kappa shape index (κ2) is 6.29. The average molecular weight is 336 g/mol. The lowest BCUT2D eigenvalue weighted by Crippen LogP contribution is -2.39. The van der Waals surface area contributed by atoms with Crippen LogP contribution in [-0.4, -0.2) is 37.3 Å². The highest BCUT2D eigenvalue weighted by Gasteiger charge is 2.25. The van der Waals surface area contributed by atoms with Crippen LogP contribution in [0, 0.1) is 5.82 Å². The molecule has 118 valence electrons. The number of benzene rings is 1. The summed E-state index contributed by atoms with van der Waals surface area (Å²) in [6.07, 6.45) is 1.000. The zero-order valence-electron chi connectivity index (χ0n) is 11.5. The van der Waals surface area contributed by atoms with Crippen molar-refractivity contribution < 1.29 is 21.8 Å². The Hall–Kier alpha value is -1.19. The normalized spacial score (nSPS) is 23.0. The number of ether oxygens (including phenoxy) is 1. The molecule has 6 nitrogen and oxygen atoms in total. The van der Waals surface area contributed by atoms with Crippen LogP contribution in [0.15, 0.2) is 17.0 Å². The first-order valence-electron chi connectivity index (χ1n) is 6.34. The molecule has 0 unspecified atom stereocenters. The minimum Gasteiger partial charge on any atom is -0.492 e. The van der Waals surface area contributed by atoms with E-state index in [9.17, 15) is 17.0 Å². The highest BCUT2D eigenvalue weighted by atomic mass is 32.2. The Bertz CT molecular complexity index is 630. The molecule has 0 aliphatic carbocycles. The first kappa shape index (κ1) is 16.2. The van der Waals surface area contributed by atoms with Gasteiger partial charge in [-0.25, -0.2) is 17.5 Å². The molecule has 1 aliphatic heterocycles. The first-order chi connectivity index (χ1) is 9.83. The van der Waals surface area contributed by atoms with E-state index >= 15 is 0 Å². The van der Waals surface area contributed by atoms with Gasteiger partial charge in [0.15, 0.2) is 11.6 Å². The molecule has 3 N–H and O–H groups in total. The van der Waals surface area contributed by atoms with Crippen molar-refractivity contribution in [2.24, 2.45) is 0 Å². The summed E-state index contributed by atoms with van der Waals surface area (Å²) in [5.74, 6) is -0.0804. The highest BCUT2D eigenvalue weighted by Crippen LogP contribution is 2.28.